The van der Waals surface area contributed by atoms with Crippen LogP contribution in [-0.4, -0.2) is 8.07 Å². The fourth-order valence-electron chi connectivity index (χ4n) is 4.60. The summed E-state index contributed by atoms with van der Waals surface area (Å²) in [4.78, 5) is 0. The third-order valence-corrected chi connectivity index (χ3v) is 9.73. The SMILES string of the molecule is CC1=CC([Si](C)(C)c2cccc3c2Cc2ccccc2-3)C(C)=C1. The molecule has 4 rings (SSSR count). The molecule has 0 aromatic heterocycles. The maximum absolute atomic E-state index is 2.54. The molecule has 0 nitrogen and oxygen atoms in total. The fourth-order valence-corrected chi connectivity index (χ4v) is 8.36. The molecule has 2 aliphatic rings. The molecule has 0 aliphatic heterocycles. The van der Waals surface area contributed by atoms with E-state index in [4.69, 9.17) is 0 Å². The van der Waals surface area contributed by atoms with Crippen LogP contribution in [0.3, 0.4) is 0 Å². The Morgan fingerprint density at radius 3 is 2.39 bits per heavy atom. The molecule has 2 aromatic carbocycles. The molecule has 1 unspecified atom stereocenters. The molecule has 0 bridgehead atoms. The Labute approximate surface area is 140 Å². The lowest BCUT2D eigenvalue weighted by molar-refractivity contribution is 1.17. The van der Waals surface area contributed by atoms with E-state index in [1.165, 1.54) is 22.3 Å². The Balaban J connectivity index is 1.85. The van der Waals surface area contributed by atoms with E-state index < -0.39 is 8.07 Å². The molecule has 0 amide bonds. The molecule has 2 aromatic rings. The van der Waals surface area contributed by atoms with Gasteiger partial charge in [0, 0.05) is 0 Å². The first kappa shape index (κ1) is 14.7. The zero-order valence-corrected chi connectivity index (χ0v) is 15.5. The average molecular weight is 317 g/mol. The average Bonchev–Trinajstić information content (AvgIpc) is 3.06. The molecule has 0 N–H and O–H groups in total. The predicted molar refractivity (Wildman–Crippen MR) is 103 cm³/mol. The largest absolute Gasteiger partial charge is 0.0919 e. The Bertz CT molecular complexity index is 852. The Kier molecular flexibility index (Phi) is 3.24. The summed E-state index contributed by atoms with van der Waals surface area (Å²) in [5.41, 5.74) is 9.62. The highest BCUT2D eigenvalue weighted by Gasteiger charge is 2.38. The third kappa shape index (κ3) is 2.18. The quantitative estimate of drug-likeness (QED) is 0.551. The van der Waals surface area contributed by atoms with Crippen LogP contribution in [0.25, 0.3) is 11.1 Å². The van der Waals surface area contributed by atoms with Crippen LogP contribution >= 0.6 is 0 Å². The van der Waals surface area contributed by atoms with Gasteiger partial charge in [-0.25, -0.2) is 0 Å². The van der Waals surface area contributed by atoms with Gasteiger partial charge < -0.3 is 0 Å². The molecule has 23 heavy (non-hydrogen) atoms. The molecule has 0 fully saturated rings. The normalized spacial score (nSPS) is 19.2. The van der Waals surface area contributed by atoms with E-state index in [1.807, 2.05) is 0 Å². The van der Waals surface area contributed by atoms with E-state index in [9.17, 15) is 0 Å². The van der Waals surface area contributed by atoms with Gasteiger partial charge in [0.25, 0.3) is 0 Å². The van der Waals surface area contributed by atoms with E-state index in [2.05, 4.69) is 81.6 Å². The maximum Gasteiger partial charge on any atom is 0.0919 e. The van der Waals surface area contributed by atoms with Crippen molar-refractivity contribution in [1.82, 2.24) is 0 Å². The fraction of sp³-hybridized carbons (Fsp3) is 0.273. The first-order valence-electron chi connectivity index (χ1n) is 8.56. The lowest BCUT2D eigenvalue weighted by Gasteiger charge is -2.32. The molecule has 0 saturated heterocycles. The highest BCUT2D eigenvalue weighted by atomic mass is 28.3. The summed E-state index contributed by atoms with van der Waals surface area (Å²) in [5.74, 6) is 0. The lowest BCUT2D eigenvalue weighted by atomic mass is 10.1. The van der Waals surface area contributed by atoms with E-state index in [0.717, 1.165) is 6.42 Å². The zero-order chi connectivity index (χ0) is 16.2. The van der Waals surface area contributed by atoms with Crippen molar-refractivity contribution in [1.29, 1.82) is 0 Å². The predicted octanol–water partition coefficient (Wildman–Crippen LogP) is 5.45. The first-order valence-corrected chi connectivity index (χ1v) is 11.6. The van der Waals surface area contributed by atoms with Crippen molar-refractivity contribution < 1.29 is 0 Å². The number of rotatable bonds is 2. The summed E-state index contributed by atoms with van der Waals surface area (Å²) >= 11 is 0. The van der Waals surface area contributed by atoms with Crippen LogP contribution < -0.4 is 5.19 Å². The van der Waals surface area contributed by atoms with Crippen LogP contribution in [0.4, 0.5) is 0 Å². The Hall–Kier alpha value is -1.86. The van der Waals surface area contributed by atoms with Crippen LogP contribution in [0.5, 0.6) is 0 Å². The highest BCUT2D eigenvalue weighted by molar-refractivity contribution is 6.92. The van der Waals surface area contributed by atoms with E-state index in [1.54, 1.807) is 16.3 Å². The summed E-state index contributed by atoms with van der Waals surface area (Å²) < 4.78 is 0. The molecule has 1 atom stereocenters. The standard InChI is InChI=1S/C22H24Si/c1-15-12-16(2)22(13-15)23(3,4)21-11-7-10-19-18-9-6-5-8-17(18)14-20(19)21/h5-13,22H,14H2,1-4H3. The smallest absolute Gasteiger partial charge is 0.0768 e. The van der Waals surface area contributed by atoms with Crippen molar-refractivity contribution in [2.24, 2.45) is 0 Å². The van der Waals surface area contributed by atoms with E-state index >= 15 is 0 Å². The number of hydrogen-bond acceptors (Lipinski definition) is 0. The minimum Gasteiger partial charge on any atom is -0.0768 e. The summed E-state index contributed by atoms with van der Waals surface area (Å²) in [7, 11) is -1.59. The molecular formula is C22H24Si. The van der Waals surface area contributed by atoms with Crippen molar-refractivity contribution >= 4 is 13.3 Å². The molecule has 0 saturated carbocycles. The van der Waals surface area contributed by atoms with E-state index in [-0.39, 0.29) is 0 Å². The number of benzene rings is 2. The molecule has 2 aliphatic carbocycles. The van der Waals surface area contributed by atoms with Gasteiger partial charge in [0.05, 0.1) is 8.07 Å². The highest BCUT2D eigenvalue weighted by Crippen LogP contribution is 2.41. The number of hydrogen-bond donors (Lipinski definition) is 0. The van der Waals surface area contributed by atoms with Gasteiger partial charge in [-0.05, 0) is 48.1 Å². The van der Waals surface area contributed by atoms with Crippen molar-refractivity contribution in [3.63, 3.8) is 0 Å². The van der Waals surface area contributed by atoms with Crippen molar-refractivity contribution in [2.45, 2.75) is 38.9 Å². The second kappa shape index (κ2) is 5.07. The number of allylic oxidation sites excluding steroid dienone is 4. The van der Waals surface area contributed by atoms with Crippen LogP contribution in [0.2, 0.25) is 18.6 Å². The minimum absolute atomic E-state index is 0.637. The van der Waals surface area contributed by atoms with Gasteiger partial charge in [-0.15, -0.1) is 0 Å². The van der Waals surface area contributed by atoms with Gasteiger partial charge >= 0.3 is 0 Å². The second-order valence-corrected chi connectivity index (χ2v) is 12.3. The van der Waals surface area contributed by atoms with Gasteiger partial charge in [0.1, 0.15) is 0 Å². The summed E-state index contributed by atoms with van der Waals surface area (Å²) in [6, 6.07) is 15.9. The van der Waals surface area contributed by atoms with Crippen molar-refractivity contribution in [2.75, 3.05) is 0 Å². The summed E-state index contributed by atoms with van der Waals surface area (Å²) in [6.45, 7) is 9.63. The summed E-state index contributed by atoms with van der Waals surface area (Å²) in [6.07, 6.45) is 5.98. The van der Waals surface area contributed by atoms with Crippen LogP contribution in [0, 0.1) is 0 Å². The first-order chi connectivity index (χ1) is 11.0. The Morgan fingerprint density at radius 2 is 1.65 bits per heavy atom. The molecule has 116 valence electrons. The molecule has 1 heteroatoms. The second-order valence-electron chi connectivity index (χ2n) is 7.66. The van der Waals surface area contributed by atoms with Crippen LogP contribution in [-0.2, 0) is 6.42 Å². The lowest BCUT2D eigenvalue weighted by Crippen LogP contribution is -2.47. The topological polar surface area (TPSA) is 0 Å². The van der Waals surface area contributed by atoms with Crippen LogP contribution in [0.15, 0.2) is 65.8 Å². The van der Waals surface area contributed by atoms with Gasteiger partial charge in [-0.1, -0.05) is 84.0 Å². The zero-order valence-electron chi connectivity index (χ0n) is 14.5. The van der Waals surface area contributed by atoms with Crippen LogP contribution in [0.1, 0.15) is 25.0 Å². The summed E-state index contributed by atoms with van der Waals surface area (Å²) in [5, 5.41) is 1.65. The molecule has 0 radical (unpaired) electrons. The van der Waals surface area contributed by atoms with E-state index in [0.29, 0.717) is 5.54 Å². The molecule has 0 spiro atoms. The van der Waals surface area contributed by atoms with Gasteiger partial charge in [-0.2, -0.15) is 0 Å². The van der Waals surface area contributed by atoms with Gasteiger partial charge in [0.15, 0.2) is 0 Å². The van der Waals surface area contributed by atoms with Crippen molar-refractivity contribution in [3.05, 3.63) is 76.9 Å². The number of fused-ring (bicyclic) bond motifs is 3. The van der Waals surface area contributed by atoms with Gasteiger partial charge in [-0.3, -0.25) is 0 Å². The maximum atomic E-state index is 2.54. The molecular weight excluding hydrogens is 292 g/mol. The van der Waals surface area contributed by atoms with Gasteiger partial charge in [0.2, 0.25) is 0 Å². The molecule has 0 heterocycles. The van der Waals surface area contributed by atoms with Crippen molar-refractivity contribution in [3.8, 4) is 11.1 Å². The minimum atomic E-state index is -1.59. The third-order valence-electron chi connectivity index (χ3n) is 5.70. The Morgan fingerprint density at radius 1 is 0.913 bits per heavy atom. The monoisotopic (exact) mass is 316 g/mol.